The Kier molecular flexibility index (Phi) is 6.40. The third kappa shape index (κ3) is 5.20. The van der Waals surface area contributed by atoms with Gasteiger partial charge in [-0.3, -0.25) is 11.3 Å². The Balaban J connectivity index is 1.97. The van der Waals surface area contributed by atoms with E-state index in [0.717, 1.165) is 17.7 Å². The lowest BCUT2D eigenvalue weighted by molar-refractivity contribution is 0.575. The van der Waals surface area contributed by atoms with E-state index < -0.39 is 0 Å². The van der Waals surface area contributed by atoms with Crippen LogP contribution in [0.15, 0.2) is 47.4 Å². The summed E-state index contributed by atoms with van der Waals surface area (Å²) in [6.07, 6.45) is 0.769. The molecule has 0 saturated heterocycles. The molecule has 0 aliphatic heterocycles. The summed E-state index contributed by atoms with van der Waals surface area (Å²) in [5.41, 5.74) is 5.18. The normalized spacial score (nSPS) is 12.4. The summed E-state index contributed by atoms with van der Waals surface area (Å²) < 4.78 is 0. The maximum absolute atomic E-state index is 6.21. The molecule has 3 N–H and O–H groups in total. The Bertz CT molecular complexity index is 605. The van der Waals surface area contributed by atoms with Crippen LogP contribution in [-0.4, -0.2) is 11.8 Å². The van der Waals surface area contributed by atoms with Crippen molar-refractivity contribution in [3.8, 4) is 0 Å². The van der Waals surface area contributed by atoms with Gasteiger partial charge in [0, 0.05) is 26.7 Å². The second-order valence-corrected chi connectivity index (χ2v) is 6.87. The van der Waals surface area contributed by atoms with Gasteiger partial charge in [0.2, 0.25) is 0 Å². The monoisotopic (exact) mass is 340 g/mol. The van der Waals surface area contributed by atoms with Crippen molar-refractivity contribution in [2.24, 2.45) is 5.84 Å². The Morgan fingerprint density at radius 3 is 2.67 bits per heavy atom. The number of rotatable bonds is 6. The van der Waals surface area contributed by atoms with Gasteiger partial charge in [-0.05, 0) is 43.2 Å². The van der Waals surface area contributed by atoms with E-state index in [1.165, 1.54) is 10.5 Å². The van der Waals surface area contributed by atoms with Crippen molar-refractivity contribution in [3.63, 3.8) is 0 Å². The Hall–Kier alpha value is -0.710. The highest BCUT2D eigenvalue weighted by Crippen LogP contribution is 2.24. The predicted octanol–water partition coefficient (Wildman–Crippen LogP) is 4.47. The Morgan fingerprint density at radius 2 is 2.00 bits per heavy atom. The van der Waals surface area contributed by atoms with Crippen LogP contribution in [0.3, 0.4) is 0 Å². The molecule has 2 aromatic carbocycles. The third-order valence-corrected chi connectivity index (χ3v) is 4.90. The molecule has 0 saturated carbocycles. The molecule has 2 rings (SSSR count). The zero-order valence-electron chi connectivity index (χ0n) is 11.8. The summed E-state index contributed by atoms with van der Waals surface area (Å²) in [7, 11) is 0. The van der Waals surface area contributed by atoms with Crippen molar-refractivity contribution in [2.75, 3.05) is 5.75 Å². The van der Waals surface area contributed by atoms with Crippen LogP contribution in [0, 0.1) is 6.92 Å². The molecule has 0 bridgehead atoms. The first kappa shape index (κ1) is 16.7. The van der Waals surface area contributed by atoms with Gasteiger partial charge >= 0.3 is 0 Å². The van der Waals surface area contributed by atoms with E-state index >= 15 is 0 Å². The smallest absolute Gasteiger partial charge is 0.0453 e. The van der Waals surface area contributed by atoms with Crippen molar-refractivity contribution in [2.45, 2.75) is 24.3 Å². The lowest BCUT2D eigenvalue weighted by Crippen LogP contribution is -2.38. The van der Waals surface area contributed by atoms with Crippen LogP contribution < -0.4 is 11.3 Å². The van der Waals surface area contributed by atoms with Gasteiger partial charge in [-0.15, -0.1) is 11.8 Å². The van der Waals surface area contributed by atoms with E-state index in [4.69, 9.17) is 29.0 Å². The molecule has 0 radical (unpaired) electrons. The van der Waals surface area contributed by atoms with Crippen molar-refractivity contribution >= 4 is 35.0 Å². The first-order chi connectivity index (χ1) is 10.1. The molecule has 0 amide bonds. The number of aryl methyl sites for hydroxylation is 1. The molecular formula is C16H18Cl2N2S. The molecule has 0 aliphatic rings. The third-order valence-electron chi connectivity index (χ3n) is 3.16. The summed E-state index contributed by atoms with van der Waals surface area (Å²) >= 11 is 13.9. The number of hydrogen-bond acceptors (Lipinski definition) is 3. The maximum atomic E-state index is 6.21. The number of halogens is 2. The number of nitrogens with one attached hydrogen (secondary N) is 1. The second kappa shape index (κ2) is 8.06. The Morgan fingerprint density at radius 1 is 1.19 bits per heavy atom. The highest BCUT2D eigenvalue weighted by atomic mass is 35.5. The maximum Gasteiger partial charge on any atom is 0.0453 e. The highest BCUT2D eigenvalue weighted by Gasteiger charge is 2.11. The van der Waals surface area contributed by atoms with Crippen LogP contribution in [0.4, 0.5) is 0 Å². The van der Waals surface area contributed by atoms with Gasteiger partial charge in [-0.1, -0.05) is 47.0 Å². The topological polar surface area (TPSA) is 38.0 Å². The summed E-state index contributed by atoms with van der Waals surface area (Å²) in [6, 6.07) is 14.2. The molecule has 112 valence electrons. The fraction of sp³-hybridized carbons (Fsp3) is 0.250. The second-order valence-electron chi connectivity index (χ2n) is 4.93. The lowest BCUT2D eigenvalue weighted by atomic mass is 10.1. The molecular weight excluding hydrogens is 323 g/mol. The minimum absolute atomic E-state index is 0.147. The Labute approximate surface area is 140 Å². The molecule has 0 aromatic heterocycles. The summed E-state index contributed by atoms with van der Waals surface area (Å²) in [4.78, 5) is 1.25. The molecule has 0 aliphatic carbocycles. The number of thioether (sulfide) groups is 1. The van der Waals surface area contributed by atoms with E-state index in [9.17, 15) is 0 Å². The SMILES string of the molecule is Cc1cccc(SCC(Cc2ccc(Cl)cc2Cl)NN)c1. The number of benzene rings is 2. The van der Waals surface area contributed by atoms with E-state index in [0.29, 0.717) is 10.0 Å². The minimum Gasteiger partial charge on any atom is -0.271 e. The van der Waals surface area contributed by atoms with Gasteiger partial charge in [0.05, 0.1) is 0 Å². The van der Waals surface area contributed by atoms with Gasteiger partial charge in [-0.2, -0.15) is 0 Å². The van der Waals surface area contributed by atoms with Crippen LogP contribution in [0.25, 0.3) is 0 Å². The van der Waals surface area contributed by atoms with Crippen molar-refractivity contribution < 1.29 is 0 Å². The van der Waals surface area contributed by atoms with Gasteiger partial charge in [0.25, 0.3) is 0 Å². The largest absolute Gasteiger partial charge is 0.271 e. The molecule has 0 spiro atoms. The molecule has 0 fully saturated rings. The molecule has 0 heterocycles. The molecule has 5 heteroatoms. The van der Waals surface area contributed by atoms with Crippen LogP contribution >= 0.6 is 35.0 Å². The van der Waals surface area contributed by atoms with Crippen LogP contribution in [-0.2, 0) is 6.42 Å². The van der Waals surface area contributed by atoms with Crippen molar-refractivity contribution in [1.29, 1.82) is 0 Å². The molecule has 1 atom stereocenters. The van der Waals surface area contributed by atoms with Gasteiger partial charge in [0.1, 0.15) is 0 Å². The van der Waals surface area contributed by atoms with E-state index in [-0.39, 0.29) is 6.04 Å². The first-order valence-electron chi connectivity index (χ1n) is 6.68. The van der Waals surface area contributed by atoms with Crippen LogP contribution in [0.1, 0.15) is 11.1 Å². The summed E-state index contributed by atoms with van der Waals surface area (Å²) in [5.74, 6) is 6.54. The summed E-state index contributed by atoms with van der Waals surface area (Å²) in [5, 5.41) is 1.33. The van der Waals surface area contributed by atoms with E-state index in [1.807, 2.05) is 12.1 Å². The van der Waals surface area contributed by atoms with Crippen LogP contribution in [0.5, 0.6) is 0 Å². The van der Waals surface area contributed by atoms with Crippen molar-refractivity contribution in [1.82, 2.24) is 5.43 Å². The summed E-state index contributed by atoms with van der Waals surface area (Å²) in [6.45, 7) is 2.09. The standard InChI is InChI=1S/C16H18Cl2N2S/c1-11-3-2-4-15(7-11)21-10-14(20-19)8-12-5-6-13(17)9-16(12)18/h2-7,9,14,20H,8,10,19H2,1H3. The zero-order chi connectivity index (χ0) is 15.2. The van der Waals surface area contributed by atoms with Crippen LogP contribution in [0.2, 0.25) is 10.0 Å². The first-order valence-corrected chi connectivity index (χ1v) is 8.42. The average Bonchev–Trinajstić information content (AvgIpc) is 2.45. The van der Waals surface area contributed by atoms with Gasteiger partial charge < -0.3 is 0 Å². The number of nitrogens with two attached hydrogens (primary N) is 1. The molecule has 21 heavy (non-hydrogen) atoms. The fourth-order valence-corrected chi connectivity index (χ4v) is 3.56. The predicted molar refractivity (Wildman–Crippen MR) is 93.2 cm³/mol. The zero-order valence-corrected chi connectivity index (χ0v) is 14.1. The van der Waals surface area contributed by atoms with Gasteiger partial charge in [0.15, 0.2) is 0 Å². The van der Waals surface area contributed by atoms with Gasteiger partial charge in [-0.25, -0.2) is 0 Å². The molecule has 2 nitrogen and oxygen atoms in total. The quantitative estimate of drug-likeness (QED) is 0.463. The number of hydrazine groups is 1. The molecule has 1 unspecified atom stereocenters. The number of hydrogen-bond donors (Lipinski definition) is 2. The van der Waals surface area contributed by atoms with Crippen molar-refractivity contribution in [3.05, 3.63) is 63.6 Å². The minimum atomic E-state index is 0.147. The highest BCUT2D eigenvalue weighted by molar-refractivity contribution is 7.99. The molecule has 2 aromatic rings. The average molecular weight is 341 g/mol. The van der Waals surface area contributed by atoms with E-state index in [1.54, 1.807) is 17.8 Å². The lowest BCUT2D eigenvalue weighted by Gasteiger charge is -2.16. The van der Waals surface area contributed by atoms with E-state index in [2.05, 4.69) is 36.6 Å². The fourth-order valence-electron chi connectivity index (χ4n) is 2.02.